The van der Waals surface area contributed by atoms with Crippen LogP contribution in [0.1, 0.15) is 6.92 Å². The lowest BCUT2D eigenvalue weighted by Gasteiger charge is -1.50. The van der Waals surface area contributed by atoms with Gasteiger partial charge in [-0.1, -0.05) is 0 Å². The summed E-state index contributed by atoms with van der Waals surface area (Å²) >= 11 is 0. The summed E-state index contributed by atoms with van der Waals surface area (Å²) in [5.41, 5.74) is 0. The first-order valence-corrected chi connectivity index (χ1v) is 2.58. The highest BCUT2D eigenvalue weighted by Gasteiger charge is 1.99. The molecule has 0 aromatic rings. The normalized spacial score (nSPS) is 12.7. The van der Waals surface area contributed by atoms with Crippen molar-refractivity contribution in [1.29, 1.82) is 0 Å². The van der Waals surface area contributed by atoms with Crippen LogP contribution in [0, 0.1) is 0 Å². The summed E-state index contributed by atoms with van der Waals surface area (Å²) in [4.78, 5) is 7.86. The van der Waals surface area contributed by atoms with Crippen LogP contribution < -0.4 is 0 Å². The van der Waals surface area contributed by atoms with Gasteiger partial charge in [0, 0.05) is 4.57 Å². The van der Waals surface area contributed by atoms with Gasteiger partial charge in [0.15, 0.2) is 0 Å². The van der Waals surface area contributed by atoms with Crippen LogP contribution in [0.2, 0.25) is 0 Å². The molecule has 0 amide bonds. The summed E-state index contributed by atoms with van der Waals surface area (Å²) in [6.45, 7) is 1.59. The lowest BCUT2D eigenvalue weighted by molar-refractivity contribution is 0.505. The Morgan fingerprint density at radius 3 is 2.50 bits per heavy atom. The zero-order valence-corrected chi connectivity index (χ0v) is 4.22. The van der Waals surface area contributed by atoms with Crippen LogP contribution in [0.15, 0.2) is 4.76 Å². The third-order valence-corrected chi connectivity index (χ3v) is 0.643. The highest BCUT2D eigenvalue weighted by Crippen LogP contribution is 2.11. The van der Waals surface area contributed by atoms with E-state index in [0.717, 1.165) is 0 Å². The molecule has 0 aromatic heterocycles. The van der Waals surface area contributed by atoms with E-state index >= 15 is 0 Å². The molecule has 0 heterocycles. The summed E-state index contributed by atoms with van der Waals surface area (Å²) in [5.74, 6) is 0. The number of hydrogen-bond donors (Lipinski definition) is 1. The lowest BCUT2D eigenvalue weighted by Crippen LogP contribution is -1.50. The Hall–Kier alpha value is -0.270. The highest BCUT2D eigenvalue weighted by molar-refractivity contribution is 7.36. The number of rotatable bonds is 1. The van der Waals surface area contributed by atoms with Crippen molar-refractivity contribution >= 4 is 14.4 Å². The van der Waals surface area contributed by atoms with Crippen molar-refractivity contribution in [3.63, 3.8) is 0 Å². The quantitative estimate of drug-likeness (QED) is 0.395. The van der Waals surface area contributed by atoms with E-state index in [4.69, 9.17) is 4.89 Å². The molecule has 0 bridgehead atoms. The average Bonchev–Trinajstić information content (AvgIpc) is 1.35. The Labute approximate surface area is 36.6 Å². The van der Waals surface area contributed by atoms with Crippen LogP contribution >= 0.6 is 8.18 Å². The van der Waals surface area contributed by atoms with Gasteiger partial charge >= 0.3 is 8.18 Å². The maximum atomic E-state index is 9.55. The van der Waals surface area contributed by atoms with Gasteiger partial charge in [-0.2, -0.15) is 0 Å². The SMILES string of the molecule is CC=N[P+](=O)O. The fourth-order valence-corrected chi connectivity index (χ4v) is 0.296. The largest absolute Gasteiger partial charge is 0.666 e. The number of hydrogen-bond acceptors (Lipinski definition) is 1. The van der Waals surface area contributed by atoms with Crippen molar-refractivity contribution in [2.45, 2.75) is 6.92 Å². The smallest absolute Gasteiger partial charge is 0.138 e. The second-order valence-electron chi connectivity index (χ2n) is 0.626. The topological polar surface area (TPSA) is 49.7 Å². The Bertz CT molecular complexity index is 79.6. The third-order valence-electron chi connectivity index (χ3n) is 0.214. The first-order valence-electron chi connectivity index (χ1n) is 1.42. The van der Waals surface area contributed by atoms with Crippen molar-refractivity contribution in [3.05, 3.63) is 0 Å². The molecule has 3 nitrogen and oxygen atoms in total. The summed E-state index contributed by atoms with van der Waals surface area (Å²) in [7, 11) is -2.28. The molecule has 0 fully saturated rings. The van der Waals surface area contributed by atoms with Gasteiger partial charge in [0.1, 0.15) is 0 Å². The van der Waals surface area contributed by atoms with Gasteiger partial charge < -0.3 is 0 Å². The Morgan fingerprint density at radius 2 is 2.50 bits per heavy atom. The highest BCUT2D eigenvalue weighted by atomic mass is 31.1. The molecule has 6 heavy (non-hydrogen) atoms. The first kappa shape index (κ1) is 5.73. The standard InChI is InChI=1S/C2H4NO2P/c1-2-3-6(4)5/h2H,1H3/p+1. The van der Waals surface area contributed by atoms with Crippen LogP contribution in [0.5, 0.6) is 0 Å². The van der Waals surface area contributed by atoms with Crippen molar-refractivity contribution in [3.8, 4) is 0 Å². The minimum Gasteiger partial charge on any atom is -0.138 e. The molecule has 0 rings (SSSR count). The number of nitrogens with zero attached hydrogens (tertiary/aromatic N) is 1. The molecule has 0 aliphatic heterocycles. The zero-order valence-electron chi connectivity index (χ0n) is 3.33. The van der Waals surface area contributed by atoms with Crippen LogP contribution in [0.3, 0.4) is 0 Å². The van der Waals surface area contributed by atoms with Crippen LogP contribution in [0.4, 0.5) is 0 Å². The maximum Gasteiger partial charge on any atom is 0.666 e. The Kier molecular flexibility index (Phi) is 2.81. The Morgan fingerprint density at radius 1 is 2.00 bits per heavy atom. The predicted octanol–water partition coefficient (Wildman–Crippen LogP) is 0.727. The molecular formula is C2H5NO2P+. The van der Waals surface area contributed by atoms with Gasteiger partial charge in [-0.05, 0) is 11.7 Å². The molecule has 1 atom stereocenters. The monoisotopic (exact) mass is 106 g/mol. The average molecular weight is 106 g/mol. The van der Waals surface area contributed by atoms with E-state index in [1.807, 2.05) is 0 Å². The fourth-order valence-electron chi connectivity index (χ4n) is 0.0988. The van der Waals surface area contributed by atoms with Crippen molar-refractivity contribution in [2.75, 3.05) is 0 Å². The molecule has 1 N–H and O–H groups in total. The zero-order chi connectivity index (χ0) is 4.99. The van der Waals surface area contributed by atoms with Gasteiger partial charge in [-0.3, -0.25) is 0 Å². The minimum atomic E-state index is -2.28. The van der Waals surface area contributed by atoms with E-state index in [-0.39, 0.29) is 0 Å². The van der Waals surface area contributed by atoms with E-state index in [2.05, 4.69) is 4.76 Å². The molecule has 0 aliphatic rings. The molecular weight excluding hydrogens is 101 g/mol. The Balaban J connectivity index is 3.30. The molecule has 0 radical (unpaired) electrons. The van der Waals surface area contributed by atoms with E-state index in [9.17, 15) is 4.57 Å². The van der Waals surface area contributed by atoms with Crippen molar-refractivity contribution in [2.24, 2.45) is 4.76 Å². The molecule has 0 saturated heterocycles. The summed E-state index contributed by atoms with van der Waals surface area (Å²) in [6.07, 6.45) is 1.29. The van der Waals surface area contributed by atoms with Gasteiger partial charge in [0.25, 0.3) is 0 Å². The summed E-state index contributed by atoms with van der Waals surface area (Å²) < 4.78 is 12.6. The maximum absolute atomic E-state index is 9.55. The predicted molar refractivity (Wildman–Crippen MR) is 24.0 cm³/mol. The molecule has 0 saturated carbocycles. The molecule has 34 valence electrons. The lowest BCUT2D eigenvalue weighted by atomic mass is 10.9. The van der Waals surface area contributed by atoms with Crippen LogP contribution in [-0.2, 0) is 4.57 Å². The van der Waals surface area contributed by atoms with Crippen molar-refractivity contribution < 1.29 is 9.46 Å². The van der Waals surface area contributed by atoms with Gasteiger partial charge in [-0.25, -0.2) is 0 Å². The third kappa shape index (κ3) is 3.73. The van der Waals surface area contributed by atoms with Gasteiger partial charge in [-0.15, -0.1) is 4.89 Å². The van der Waals surface area contributed by atoms with Crippen molar-refractivity contribution in [1.82, 2.24) is 0 Å². The second-order valence-corrected chi connectivity index (χ2v) is 1.36. The van der Waals surface area contributed by atoms with Crippen LogP contribution in [0.25, 0.3) is 0 Å². The first-order chi connectivity index (χ1) is 2.77. The van der Waals surface area contributed by atoms with E-state index in [1.54, 1.807) is 6.92 Å². The molecule has 1 unspecified atom stereocenters. The second kappa shape index (κ2) is 2.94. The molecule has 0 spiro atoms. The minimum absolute atomic E-state index is 1.29. The van der Waals surface area contributed by atoms with E-state index in [0.29, 0.717) is 0 Å². The van der Waals surface area contributed by atoms with E-state index in [1.165, 1.54) is 6.21 Å². The van der Waals surface area contributed by atoms with Gasteiger partial charge in [0.2, 0.25) is 0 Å². The fraction of sp³-hybridized carbons (Fsp3) is 0.500. The molecule has 0 aromatic carbocycles. The molecule has 4 heteroatoms. The van der Waals surface area contributed by atoms with E-state index < -0.39 is 8.18 Å². The van der Waals surface area contributed by atoms with Gasteiger partial charge in [0.05, 0.1) is 6.21 Å². The van der Waals surface area contributed by atoms with Crippen LogP contribution in [-0.4, -0.2) is 11.1 Å². The molecule has 0 aliphatic carbocycles. The summed E-state index contributed by atoms with van der Waals surface area (Å²) in [6, 6.07) is 0. The summed E-state index contributed by atoms with van der Waals surface area (Å²) in [5, 5.41) is 0.